The van der Waals surface area contributed by atoms with Crippen molar-refractivity contribution in [3.63, 3.8) is 0 Å². The van der Waals surface area contributed by atoms with Crippen LogP contribution in [-0.2, 0) is 21.4 Å². The van der Waals surface area contributed by atoms with Gasteiger partial charge in [0.2, 0.25) is 15.9 Å². The third kappa shape index (κ3) is 4.61. The summed E-state index contributed by atoms with van der Waals surface area (Å²) >= 11 is 0. The van der Waals surface area contributed by atoms with E-state index in [1.807, 2.05) is 42.5 Å². The maximum absolute atomic E-state index is 12.5. The van der Waals surface area contributed by atoms with Gasteiger partial charge in [0, 0.05) is 6.54 Å². The van der Waals surface area contributed by atoms with Crippen LogP contribution in [0.5, 0.6) is 5.75 Å². The lowest BCUT2D eigenvalue weighted by Gasteiger charge is -2.22. The summed E-state index contributed by atoms with van der Waals surface area (Å²) in [5.41, 5.74) is 1.38. The van der Waals surface area contributed by atoms with Crippen LogP contribution in [0.3, 0.4) is 0 Å². The zero-order chi connectivity index (χ0) is 20.1. The highest BCUT2D eigenvalue weighted by molar-refractivity contribution is 7.92. The van der Waals surface area contributed by atoms with Gasteiger partial charge in [0.1, 0.15) is 12.3 Å². The number of rotatable bonds is 7. The van der Waals surface area contributed by atoms with Crippen LogP contribution >= 0.6 is 0 Å². The molecule has 0 spiro atoms. The van der Waals surface area contributed by atoms with E-state index in [0.29, 0.717) is 18.0 Å². The van der Waals surface area contributed by atoms with E-state index in [4.69, 9.17) is 4.74 Å². The first kappa shape index (κ1) is 19.7. The molecule has 1 N–H and O–H groups in total. The highest BCUT2D eigenvalue weighted by Crippen LogP contribution is 2.21. The summed E-state index contributed by atoms with van der Waals surface area (Å²) in [5.74, 6) is 0.229. The van der Waals surface area contributed by atoms with E-state index in [9.17, 15) is 13.2 Å². The lowest BCUT2D eigenvalue weighted by Crippen LogP contribution is -2.40. The maximum Gasteiger partial charge on any atom is 0.241 e. The molecule has 0 bridgehead atoms. The number of fused-ring (bicyclic) bond motifs is 1. The highest BCUT2D eigenvalue weighted by atomic mass is 32.2. The Kier molecular flexibility index (Phi) is 5.84. The molecule has 0 saturated carbocycles. The predicted octanol–water partition coefficient (Wildman–Crippen LogP) is 2.93. The van der Waals surface area contributed by atoms with Gasteiger partial charge in [-0.2, -0.15) is 0 Å². The number of carbonyl (C=O) groups excluding carboxylic acids is 1. The van der Waals surface area contributed by atoms with Gasteiger partial charge in [-0.05, 0) is 40.6 Å². The zero-order valence-electron chi connectivity index (χ0n) is 15.8. The van der Waals surface area contributed by atoms with Gasteiger partial charge in [0.25, 0.3) is 0 Å². The third-order valence-corrected chi connectivity index (χ3v) is 5.54. The minimum Gasteiger partial charge on any atom is -0.497 e. The van der Waals surface area contributed by atoms with Crippen LogP contribution in [0.15, 0.2) is 66.7 Å². The normalized spacial score (nSPS) is 11.2. The van der Waals surface area contributed by atoms with Crippen LogP contribution in [0.25, 0.3) is 10.8 Å². The van der Waals surface area contributed by atoms with Crippen molar-refractivity contribution in [2.75, 3.05) is 24.2 Å². The second kappa shape index (κ2) is 8.31. The fourth-order valence-electron chi connectivity index (χ4n) is 2.98. The molecular formula is C21H22N2O4S. The third-order valence-electron chi connectivity index (χ3n) is 4.40. The molecule has 0 atom stereocenters. The van der Waals surface area contributed by atoms with Gasteiger partial charge in [0.15, 0.2) is 0 Å². The second-order valence-corrected chi connectivity index (χ2v) is 8.29. The maximum atomic E-state index is 12.5. The Bertz CT molecular complexity index is 1070. The number of benzene rings is 3. The van der Waals surface area contributed by atoms with Crippen LogP contribution in [0.4, 0.5) is 5.69 Å². The molecule has 0 heterocycles. The molecule has 0 fully saturated rings. The van der Waals surface area contributed by atoms with Crippen molar-refractivity contribution in [1.29, 1.82) is 0 Å². The van der Waals surface area contributed by atoms with Gasteiger partial charge in [-0.25, -0.2) is 8.42 Å². The first-order valence-corrected chi connectivity index (χ1v) is 10.6. The van der Waals surface area contributed by atoms with E-state index in [2.05, 4.69) is 5.32 Å². The molecule has 0 aromatic heterocycles. The van der Waals surface area contributed by atoms with Gasteiger partial charge in [-0.1, -0.05) is 42.5 Å². The van der Waals surface area contributed by atoms with Gasteiger partial charge < -0.3 is 10.1 Å². The van der Waals surface area contributed by atoms with Gasteiger partial charge in [-0.3, -0.25) is 9.10 Å². The summed E-state index contributed by atoms with van der Waals surface area (Å²) < 4.78 is 30.5. The summed E-state index contributed by atoms with van der Waals surface area (Å²) in [6, 6.07) is 20.3. The van der Waals surface area contributed by atoms with Crippen molar-refractivity contribution < 1.29 is 17.9 Å². The smallest absolute Gasteiger partial charge is 0.241 e. The Labute approximate surface area is 164 Å². The number of sulfonamides is 1. The van der Waals surface area contributed by atoms with Crippen molar-refractivity contribution >= 4 is 32.4 Å². The molecule has 6 nitrogen and oxygen atoms in total. The largest absolute Gasteiger partial charge is 0.497 e. The molecule has 0 aliphatic carbocycles. The Balaban J connectivity index is 1.73. The molecule has 3 rings (SSSR count). The molecule has 0 aliphatic heterocycles. The standard InChI is InChI=1S/C21H22N2O4S/c1-27-19-12-10-18(11-13-19)23(28(2,25)26)15-21(24)22-14-17-8-5-7-16-6-3-4-9-20(16)17/h3-13H,14-15H2,1-2H3,(H,22,24). The summed E-state index contributed by atoms with van der Waals surface area (Å²) in [6.45, 7) is 0.0241. The van der Waals surface area contributed by atoms with Crippen LogP contribution in [0.2, 0.25) is 0 Å². The van der Waals surface area contributed by atoms with Crippen molar-refractivity contribution in [3.05, 3.63) is 72.3 Å². The number of hydrogen-bond donors (Lipinski definition) is 1. The number of anilines is 1. The molecule has 0 radical (unpaired) electrons. The molecule has 3 aromatic rings. The quantitative estimate of drug-likeness (QED) is 0.664. The van der Waals surface area contributed by atoms with Crippen molar-refractivity contribution in [2.45, 2.75) is 6.54 Å². The summed E-state index contributed by atoms with van der Waals surface area (Å²) in [4.78, 5) is 12.5. The molecule has 1 amide bonds. The Morgan fingerprint density at radius 2 is 1.68 bits per heavy atom. The molecule has 0 saturated heterocycles. The number of ether oxygens (including phenoxy) is 1. The number of carbonyl (C=O) groups is 1. The van der Waals surface area contributed by atoms with Gasteiger partial charge in [0.05, 0.1) is 19.1 Å². The van der Waals surface area contributed by atoms with E-state index >= 15 is 0 Å². The summed E-state index contributed by atoms with van der Waals surface area (Å²) in [7, 11) is -2.09. The molecular weight excluding hydrogens is 376 g/mol. The van der Waals surface area contributed by atoms with Crippen LogP contribution in [0.1, 0.15) is 5.56 Å². The lowest BCUT2D eigenvalue weighted by molar-refractivity contribution is -0.119. The van der Waals surface area contributed by atoms with Crippen LogP contribution < -0.4 is 14.4 Å². The number of hydrogen-bond acceptors (Lipinski definition) is 4. The fourth-order valence-corrected chi connectivity index (χ4v) is 3.83. The number of amides is 1. The minimum absolute atomic E-state index is 0.296. The average Bonchev–Trinajstić information content (AvgIpc) is 2.69. The number of methoxy groups -OCH3 is 1. The Hall–Kier alpha value is -3.06. The fraction of sp³-hybridized carbons (Fsp3) is 0.190. The molecule has 7 heteroatoms. The van der Waals surface area contributed by atoms with E-state index in [0.717, 1.165) is 26.9 Å². The van der Waals surface area contributed by atoms with Crippen LogP contribution in [-0.4, -0.2) is 34.2 Å². The Morgan fingerprint density at radius 1 is 1.00 bits per heavy atom. The summed E-state index contributed by atoms with van der Waals surface area (Å²) in [5, 5.41) is 4.96. The summed E-state index contributed by atoms with van der Waals surface area (Å²) in [6.07, 6.45) is 1.08. The monoisotopic (exact) mass is 398 g/mol. The SMILES string of the molecule is COc1ccc(N(CC(=O)NCc2cccc3ccccc23)S(C)(=O)=O)cc1. The molecule has 0 unspecified atom stereocenters. The van der Waals surface area contributed by atoms with E-state index in [1.54, 1.807) is 24.3 Å². The van der Waals surface area contributed by atoms with E-state index in [1.165, 1.54) is 7.11 Å². The lowest BCUT2D eigenvalue weighted by atomic mass is 10.0. The van der Waals surface area contributed by atoms with Gasteiger partial charge >= 0.3 is 0 Å². The molecule has 146 valence electrons. The van der Waals surface area contributed by atoms with E-state index < -0.39 is 10.0 Å². The zero-order valence-corrected chi connectivity index (χ0v) is 16.6. The van der Waals surface area contributed by atoms with Gasteiger partial charge in [-0.15, -0.1) is 0 Å². The number of nitrogens with zero attached hydrogens (tertiary/aromatic N) is 1. The Morgan fingerprint density at radius 3 is 2.36 bits per heavy atom. The second-order valence-electron chi connectivity index (χ2n) is 6.38. The molecule has 0 aliphatic rings. The first-order chi connectivity index (χ1) is 13.4. The van der Waals surface area contributed by atoms with E-state index in [-0.39, 0.29) is 12.5 Å². The number of nitrogens with one attached hydrogen (secondary N) is 1. The highest BCUT2D eigenvalue weighted by Gasteiger charge is 2.20. The van der Waals surface area contributed by atoms with Crippen molar-refractivity contribution in [1.82, 2.24) is 5.32 Å². The average molecular weight is 398 g/mol. The minimum atomic E-state index is -3.62. The molecule has 3 aromatic carbocycles. The van der Waals surface area contributed by atoms with Crippen molar-refractivity contribution in [2.24, 2.45) is 0 Å². The van der Waals surface area contributed by atoms with Crippen molar-refractivity contribution in [3.8, 4) is 5.75 Å². The van der Waals surface area contributed by atoms with Crippen LogP contribution in [0, 0.1) is 0 Å². The molecule has 28 heavy (non-hydrogen) atoms. The predicted molar refractivity (Wildman–Crippen MR) is 111 cm³/mol. The first-order valence-electron chi connectivity index (χ1n) is 8.73. The topological polar surface area (TPSA) is 75.7 Å².